The Labute approximate surface area is 191 Å². The van der Waals surface area contributed by atoms with Crippen LogP contribution in [-0.4, -0.2) is 56.4 Å². The second-order valence-corrected chi connectivity index (χ2v) is 7.50. The Hall–Kier alpha value is -1.84. The molecular weight excluding hydrogens is 481 g/mol. The lowest BCUT2D eigenvalue weighted by Gasteiger charge is -2.31. The topological polar surface area (TPSA) is 85.8 Å². The van der Waals surface area contributed by atoms with Gasteiger partial charge in [-0.25, -0.2) is 4.99 Å². The van der Waals surface area contributed by atoms with Gasteiger partial charge in [-0.1, -0.05) is 43.2 Å². The van der Waals surface area contributed by atoms with E-state index in [-0.39, 0.29) is 47.8 Å². The third-order valence-corrected chi connectivity index (χ3v) is 5.07. The lowest BCUT2D eigenvalue weighted by Crippen LogP contribution is -2.49. The molecule has 0 saturated heterocycles. The van der Waals surface area contributed by atoms with Crippen LogP contribution in [0.1, 0.15) is 38.2 Å². The van der Waals surface area contributed by atoms with Crippen molar-refractivity contribution in [1.29, 1.82) is 0 Å². The minimum atomic E-state index is -0.380. The molecule has 0 radical (unpaired) electrons. The number of nitrogens with zero attached hydrogens (tertiary/aromatic N) is 2. The number of halogens is 1. The van der Waals surface area contributed by atoms with Crippen molar-refractivity contribution in [1.82, 2.24) is 20.9 Å². The Morgan fingerprint density at radius 1 is 1.07 bits per heavy atom. The average Bonchev–Trinajstić information content (AvgIpc) is 3.18. The van der Waals surface area contributed by atoms with E-state index < -0.39 is 0 Å². The van der Waals surface area contributed by atoms with E-state index in [0.717, 1.165) is 31.2 Å². The molecule has 0 spiro atoms. The first-order valence-corrected chi connectivity index (χ1v) is 10.0. The first-order chi connectivity index (χ1) is 13.5. The molecule has 0 aliphatic heterocycles. The minimum absolute atomic E-state index is 0. The second-order valence-electron chi connectivity index (χ2n) is 7.50. The van der Waals surface area contributed by atoms with Crippen LogP contribution in [0, 0.1) is 5.41 Å². The minimum Gasteiger partial charge on any atom is -0.357 e. The maximum Gasteiger partial charge on any atom is 0.242 e. The summed E-state index contributed by atoms with van der Waals surface area (Å²) in [6, 6.07) is 9.78. The van der Waals surface area contributed by atoms with Crippen molar-refractivity contribution in [3.8, 4) is 0 Å². The molecule has 0 atom stereocenters. The van der Waals surface area contributed by atoms with Gasteiger partial charge in [-0.05, 0) is 25.3 Å². The molecule has 1 saturated carbocycles. The summed E-state index contributed by atoms with van der Waals surface area (Å²) in [4.78, 5) is 30.9. The third-order valence-electron chi connectivity index (χ3n) is 5.07. The lowest BCUT2D eigenvalue weighted by molar-refractivity contribution is -0.138. The van der Waals surface area contributed by atoms with Crippen molar-refractivity contribution >= 4 is 41.8 Å². The van der Waals surface area contributed by atoms with E-state index in [0.29, 0.717) is 25.6 Å². The number of hydrogen-bond acceptors (Lipinski definition) is 3. The first-order valence-electron chi connectivity index (χ1n) is 10.0. The van der Waals surface area contributed by atoms with Crippen LogP contribution in [0.15, 0.2) is 35.3 Å². The molecule has 1 aromatic carbocycles. The Kier molecular flexibility index (Phi) is 11.0. The monoisotopic (exact) mass is 515 g/mol. The largest absolute Gasteiger partial charge is 0.357 e. The summed E-state index contributed by atoms with van der Waals surface area (Å²) in [5.74, 6) is 0.588. The number of hydrogen-bond donors (Lipinski definition) is 3. The number of carbonyl (C=O) groups excluding carboxylic acids is 2. The third kappa shape index (κ3) is 7.83. The standard InChI is InChI=1S/C21H33N5O2.HI/c1-4-22-20(24-15-18(27)23-14-17-10-6-5-7-11-17)25-16-21(12-8-9-13-21)19(28)26(2)3;/h5-7,10-11H,4,8-9,12-16H2,1-3H3,(H,23,27)(H2,22,24,25);1H. The van der Waals surface area contributed by atoms with Gasteiger partial charge in [-0.2, -0.15) is 0 Å². The molecule has 0 aromatic heterocycles. The maximum atomic E-state index is 12.7. The highest BCUT2D eigenvalue weighted by Gasteiger charge is 2.42. The van der Waals surface area contributed by atoms with Crippen LogP contribution in [0.2, 0.25) is 0 Å². The molecular formula is C21H34IN5O2. The Morgan fingerprint density at radius 3 is 2.31 bits per heavy atom. The summed E-state index contributed by atoms with van der Waals surface area (Å²) < 4.78 is 0. The van der Waals surface area contributed by atoms with Gasteiger partial charge >= 0.3 is 0 Å². The fourth-order valence-corrected chi connectivity index (χ4v) is 3.59. The van der Waals surface area contributed by atoms with Crippen molar-refractivity contribution in [2.24, 2.45) is 10.4 Å². The quantitative estimate of drug-likeness (QED) is 0.282. The summed E-state index contributed by atoms with van der Waals surface area (Å²) in [7, 11) is 3.61. The fraction of sp³-hybridized carbons (Fsp3) is 0.571. The van der Waals surface area contributed by atoms with Crippen LogP contribution in [0.4, 0.5) is 0 Å². The number of amides is 2. The molecule has 2 amide bonds. The zero-order chi connectivity index (χ0) is 20.4. The number of rotatable bonds is 8. The van der Waals surface area contributed by atoms with Crippen LogP contribution in [0.5, 0.6) is 0 Å². The summed E-state index contributed by atoms with van der Waals surface area (Å²) in [5.41, 5.74) is 0.671. The van der Waals surface area contributed by atoms with Crippen LogP contribution in [0.25, 0.3) is 0 Å². The zero-order valence-electron chi connectivity index (χ0n) is 17.7. The lowest BCUT2D eigenvalue weighted by atomic mass is 9.84. The Bertz CT molecular complexity index is 673. The highest BCUT2D eigenvalue weighted by atomic mass is 127. The predicted molar refractivity (Wildman–Crippen MR) is 127 cm³/mol. The summed E-state index contributed by atoms with van der Waals surface area (Å²) in [6.07, 6.45) is 3.90. The van der Waals surface area contributed by atoms with Gasteiger partial charge in [-0.15, -0.1) is 24.0 Å². The number of benzene rings is 1. The van der Waals surface area contributed by atoms with Crippen molar-refractivity contribution in [3.63, 3.8) is 0 Å². The molecule has 1 aliphatic carbocycles. The van der Waals surface area contributed by atoms with Gasteiger partial charge in [-0.3, -0.25) is 9.59 Å². The van der Waals surface area contributed by atoms with Gasteiger partial charge < -0.3 is 20.9 Å². The summed E-state index contributed by atoms with van der Waals surface area (Å²) in [6.45, 7) is 3.72. The van der Waals surface area contributed by atoms with Gasteiger partial charge in [0.15, 0.2) is 5.96 Å². The van der Waals surface area contributed by atoms with E-state index >= 15 is 0 Å². The van der Waals surface area contributed by atoms with Gasteiger partial charge in [0.25, 0.3) is 0 Å². The predicted octanol–water partition coefficient (Wildman–Crippen LogP) is 2.12. The van der Waals surface area contributed by atoms with Crippen molar-refractivity contribution in [2.75, 3.05) is 33.7 Å². The van der Waals surface area contributed by atoms with Crippen LogP contribution >= 0.6 is 24.0 Å². The van der Waals surface area contributed by atoms with Crippen LogP contribution < -0.4 is 16.0 Å². The van der Waals surface area contributed by atoms with Crippen LogP contribution in [-0.2, 0) is 16.1 Å². The van der Waals surface area contributed by atoms with E-state index in [4.69, 9.17) is 0 Å². The van der Waals surface area contributed by atoms with Crippen molar-refractivity contribution in [2.45, 2.75) is 39.2 Å². The molecule has 0 bridgehead atoms. The van der Waals surface area contributed by atoms with E-state index in [9.17, 15) is 9.59 Å². The molecule has 1 fully saturated rings. The average molecular weight is 515 g/mol. The molecule has 1 aromatic rings. The van der Waals surface area contributed by atoms with E-state index in [1.807, 2.05) is 37.3 Å². The van der Waals surface area contributed by atoms with E-state index in [2.05, 4.69) is 20.9 Å². The molecule has 2 rings (SSSR count). The van der Waals surface area contributed by atoms with Gasteiger partial charge in [0.05, 0.1) is 5.41 Å². The zero-order valence-corrected chi connectivity index (χ0v) is 20.0. The van der Waals surface area contributed by atoms with E-state index in [1.165, 1.54) is 0 Å². The highest BCUT2D eigenvalue weighted by Crippen LogP contribution is 2.38. The number of nitrogens with one attached hydrogen (secondary N) is 3. The normalized spacial score (nSPS) is 15.2. The molecule has 8 heteroatoms. The summed E-state index contributed by atoms with van der Waals surface area (Å²) >= 11 is 0. The molecule has 7 nitrogen and oxygen atoms in total. The van der Waals surface area contributed by atoms with Crippen molar-refractivity contribution < 1.29 is 9.59 Å². The molecule has 1 aliphatic rings. The number of guanidine groups is 1. The van der Waals surface area contributed by atoms with Gasteiger partial charge in [0.2, 0.25) is 11.8 Å². The number of aliphatic imine (C=N–C) groups is 1. The second kappa shape index (κ2) is 12.7. The first kappa shape index (κ1) is 25.2. The SMILES string of the molecule is CCNC(=NCC(=O)NCc1ccccc1)NCC1(C(=O)N(C)C)CCCC1.I. The molecule has 29 heavy (non-hydrogen) atoms. The Balaban J connectivity index is 0.00000420. The molecule has 3 N–H and O–H groups in total. The Morgan fingerprint density at radius 2 is 1.72 bits per heavy atom. The fourth-order valence-electron chi connectivity index (χ4n) is 3.59. The summed E-state index contributed by atoms with van der Waals surface area (Å²) in [5, 5.41) is 9.31. The maximum absolute atomic E-state index is 12.7. The molecule has 0 unspecified atom stereocenters. The van der Waals surface area contributed by atoms with Gasteiger partial charge in [0, 0.05) is 33.7 Å². The van der Waals surface area contributed by atoms with Crippen molar-refractivity contribution in [3.05, 3.63) is 35.9 Å². The van der Waals surface area contributed by atoms with Crippen LogP contribution in [0.3, 0.4) is 0 Å². The number of carbonyl (C=O) groups is 2. The van der Waals surface area contributed by atoms with Gasteiger partial charge in [0.1, 0.15) is 6.54 Å². The molecule has 0 heterocycles. The smallest absolute Gasteiger partial charge is 0.242 e. The molecule has 162 valence electrons. The highest BCUT2D eigenvalue weighted by molar-refractivity contribution is 14.0. The van der Waals surface area contributed by atoms with E-state index in [1.54, 1.807) is 19.0 Å².